The molecule has 0 unspecified atom stereocenters. The zero-order chi connectivity index (χ0) is 8.97. The molecule has 0 aliphatic heterocycles. The van der Waals surface area contributed by atoms with Gasteiger partial charge in [-0.2, -0.15) is 0 Å². The van der Waals surface area contributed by atoms with Gasteiger partial charge in [-0.1, -0.05) is 22.5 Å². The normalized spacial score (nSPS) is 10.2. The first-order valence-electron chi connectivity index (χ1n) is 3.73. The van der Waals surface area contributed by atoms with Gasteiger partial charge in [0.25, 0.3) is 0 Å². The summed E-state index contributed by atoms with van der Waals surface area (Å²) < 4.78 is 0.957. The van der Waals surface area contributed by atoms with E-state index in [-0.39, 0.29) is 0 Å². The van der Waals surface area contributed by atoms with Crippen LogP contribution in [0, 0.1) is 6.92 Å². The summed E-state index contributed by atoms with van der Waals surface area (Å²) in [6.45, 7) is 7.23. The second-order valence-electron chi connectivity index (χ2n) is 2.61. The Kier molecular flexibility index (Phi) is 3.49. The average Bonchev–Trinajstić information content (AvgIpc) is 2.35. The van der Waals surface area contributed by atoms with Gasteiger partial charge in [-0.25, -0.2) is 4.98 Å². The van der Waals surface area contributed by atoms with Crippen molar-refractivity contribution in [2.45, 2.75) is 13.5 Å². The summed E-state index contributed by atoms with van der Waals surface area (Å²) in [6, 6.07) is 0. The van der Waals surface area contributed by atoms with Crippen LogP contribution in [0.25, 0.3) is 0 Å². The molecule has 4 heteroatoms. The van der Waals surface area contributed by atoms with E-state index >= 15 is 0 Å². The van der Waals surface area contributed by atoms with Gasteiger partial charge in [-0.3, -0.25) is 0 Å². The molecule has 1 heterocycles. The van der Waals surface area contributed by atoms with Gasteiger partial charge in [0, 0.05) is 29.5 Å². The highest BCUT2D eigenvalue weighted by molar-refractivity contribution is 9.11. The van der Waals surface area contributed by atoms with Crippen LogP contribution in [0.5, 0.6) is 0 Å². The predicted molar refractivity (Wildman–Crippen MR) is 53.1 cm³/mol. The van der Waals surface area contributed by atoms with Crippen LogP contribution in [0.2, 0.25) is 0 Å². The minimum Gasteiger partial charge on any atom is -0.345 e. The summed E-state index contributed by atoms with van der Waals surface area (Å²) in [5.74, 6) is 0.949. The number of hydrogen-bond acceptors (Lipinski definition) is 2. The molecule has 66 valence electrons. The van der Waals surface area contributed by atoms with Crippen LogP contribution in [0.15, 0.2) is 17.3 Å². The third kappa shape index (κ3) is 3.19. The van der Waals surface area contributed by atoms with E-state index in [4.69, 9.17) is 0 Å². The molecule has 0 bridgehead atoms. The first-order chi connectivity index (χ1) is 5.68. The fourth-order valence-corrected chi connectivity index (χ4v) is 1.09. The van der Waals surface area contributed by atoms with Crippen molar-refractivity contribution in [1.82, 2.24) is 15.3 Å². The number of hydrogen-bond donors (Lipinski definition) is 2. The van der Waals surface area contributed by atoms with Crippen LogP contribution in [-0.2, 0) is 6.54 Å². The number of nitrogens with one attached hydrogen (secondary N) is 2. The van der Waals surface area contributed by atoms with Crippen LogP contribution in [0.1, 0.15) is 11.5 Å². The number of aryl methyl sites for hydroxylation is 1. The monoisotopic (exact) mass is 229 g/mol. The molecule has 3 nitrogen and oxygen atoms in total. The summed E-state index contributed by atoms with van der Waals surface area (Å²) in [5, 5.41) is 3.20. The SMILES string of the molecule is C=C(Br)CNCc1cnc(C)[nH]1. The second-order valence-corrected chi connectivity index (χ2v) is 3.74. The molecule has 0 fully saturated rings. The number of rotatable bonds is 4. The zero-order valence-electron chi connectivity index (χ0n) is 7.02. The van der Waals surface area contributed by atoms with Crippen LogP contribution in [-0.4, -0.2) is 16.5 Å². The van der Waals surface area contributed by atoms with Crippen molar-refractivity contribution < 1.29 is 0 Å². The molecule has 12 heavy (non-hydrogen) atoms. The summed E-state index contributed by atoms with van der Waals surface area (Å²) in [4.78, 5) is 7.22. The molecule has 0 atom stereocenters. The quantitative estimate of drug-likeness (QED) is 0.826. The number of aromatic amines is 1. The van der Waals surface area contributed by atoms with Crippen molar-refractivity contribution in [3.05, 3.63) is 28.8 Å². The predicted octanol–water partition coefficient (Wildman–Crippen LogP) is 1.72. The van der Waals surface area contributed by atoms with Crippen LogP contribution in [0.4, 0.5) is 0 Å². The van der Waals surface area contributed by atoms with Crippen LogP contribution >= 0.6 is 15.9 Å². The van der Waals surface area contributed by atoms with Gasteiger partial charge >= 0.3 is 0 Å². The lowest BCUT2D eigenvalue weighted by Crippen LogP contribution is -2.14. The maximum atomic E-state index is 4.08. The van der Waals surface area contributed by atoms with Crippen molar-refractivity contribution in [3.63, 3.8) is 0 Å². The first-order valence-corrected chi connectivity index (χ1v) is 4.52. The summed E-state index contributed by atoms with van der Waals surface area (Å²) in [5.41, 5.74) is 1.10. The largest absolute Gasteiger partial charge is 0.345 e. The molecule has 0 aliphatic carbocycles. The molecular formula is C8H12BrN3. The lowest BCUT2D eigenvalue weighted by molar-refractivity contribution is 0.740. The molecule has 1 aromatic rings. The van der Waals surface area contributed by atoms with Crippen molar-refractivity contribution in [2.24, 2.45) is 0 Å². The summed E-state index contributed by atoms with van der Waals surface area (Å²) >= 11 is 3.27. The topological polar surface area (TPSA) is 40.7 Å². The van der Waals surface area contributed by atoms with Crippen molar-refractivity contribution in [1.29, 1.82) is 0 Å². The second kappa shape index (κ2) is 4.42. The molecule has 0 amide bonds. The zero-order valence-corrected chi connectivity index (χ0v) is 8.61. The van der Waals surface area contributed by atoms with Crippen molar-refractivity contribution >= 4 is 15.9 Å². The molecule has 1 aromatic heterocycles. The lowest BCUT2D eigenvalue weighted by Gasteiger charge is -1.99. The highest BCUT2D eigenvalue weighted by Crippen LogP contribution is 1.99. The van der Waals surface area contributed by atoms with E-state index in [2.05, 4.69) is 37.8 Å². The summed E-state index contributed by atoms with van der Waals surface area (Å²) in [6.07, 6.45) is 1.83. The Balaban J connectivity index is 2.29. The fourth-order valence-electron chi connectivity index (χ4n) is 0.894. The van der Waals surface area contributed by atoms with Gasteiger partial charge in [-0.05, 0) is 6.92 Å². The third-order valence-electron chi connectivity index (χ3n) is 1.39. The van der Waals surface area contributed by atoms with Gasteiger partial charge in [-0.15, -0.1) is 0 Å². The number of H-pyrrole nitrogens is 1. The van der Waals surface area contributed by atoms with E-state index < -0.39 is 0 Å². The Bertz CT molecular complexity index is 267. The first kappa shape index (κ1) is 9.48. The van der Waals surface area contributed by atoms with E-state index in [0.717, 1.165) is 29.1 Å². The van der Waals surface area contributed by atoms with E-state index in [1.807, 2.05) is 13.1 Å². The standard InChI is InChI=1S/C8H12BrN3/c1-6(9)3-10-4-8-5-11-7(2)12-8/h5,10H,1,3-4H2,2H3,(H,11,12). The minimum absolute atomic E-state index is 0.776. The van der Waals surface area contributed by atoms with E-state index in [9.17, 15) is 0 Å². The smallest absolute Gasteiger partial charge is 0.103 e. The number of aromatic nitrogens is 2. The minimum atomic E-state index is 0.776. The lowest BCUT2D eigenvalue weighted by atomic mass is 10.4. The Labute approximate surface area is 80.4 Å². The number of imidazole rings is 1. The molecule has 0 saturated heterocycles. The molecular weight excluding hydrogens is 218 g/mol. The van der Waals surface area contributed by atoms with Gasteiger partial charge in [0.15, 0.2) is 0 Å². The molecule has 2 N–H and O–H groups in total. The molecule has 0 spiro atoms. The van der Waals surface area contributed by atoms with Gasteiger partial charge in [0.2, 0.25) is 0 Å². The molecule has 0 saturated carbocycles. The van der Waals surface area contributed by atoms with E-state index in [1.54, 1.807) is 0 Å². The highest BCUT2D eigenvalue weighted by atomic mass is 79.9. The number of halogens is 1. The Morgan fingerprint density at radius 1 is 1.83 bits per heavy atom. The highest BCUT2D eigenvalue weighted by Gasteiger charge is 1.95. The maximum Gasteiger partial charge on any atom is 0.103 e. The van der Waals surface area contributed by atoms with Crippen LogP contribution in [0.3, 0.4) is 0 Å². The van der Waals surface area contributed by atoms with Crippen molar-refractivity contribution in [2.75, 3.05) is 6.54 Å². The van der Waals surface area contributed by atoms with Gasteiger partial charge in [0.05, 0.1) is 0 Å². The van der Waals surface area contributed by atoms with Crippen LogP contribution < -0.4 is 5.32 Å². The number of nitrogens with zero attached hydrogens (tertiary/aromatic N) is 1. The Morgan fingerprint density at radius 2 is 2.58 bits per heavy atom. The van der Waals surface area contributed by atoms with Gasteiger partial charge < -0.3 is 10.3 Å². The summed E-state index contributed by atoms with van der Waals surface area (Å²) in [7, 11) is 0. The fraction of sp³-hybridized carbons (Fsp3) is 0.375. The Morgan fingerprint density at radius 3 is 3.08 bits per heavy atom. The third-order valence-corrected chi connectivity index (χ3v) is 1.67. The average molecular weight is 230 g/mol. The molecule has 1 rings (SSSR count). The van der Waals surface area contributed by atoms with E-state index in [0.29, 0.717) is 0 Å². The maximum absolute atomic E-state index is 4.08. The molecule has 0 radical (unpaired) electrons. The Hall–Kier alpha value is -0.610. The van der Waals surface area contributed by atoms with E-state index in [1.165, 1.54) is 0 Å². The van der Waals surface area contributed by atoms with Gasteiger partial charge in [0.1, 0.15) is 5.82 Å². The molecule has 0 aromatic carbocycles. The van der Waals surface area contributed by atoms with Crippen molar-refractivity contribution in [3.8, 4) is 0 Å². The molecule has 0 aliphatic rings.